The lowest BCUT2D eigenvalue weighted by molar-refractivity contribution is 1.35. The number of hydrogen-bond acceptors (Lipinski definition) is 3. The van der Waals surface area contributed by atoms with E-state index in [2.05, 4.69) is 4.84 Å². The Morgan fingerprint density at radius 2 is 2.00 bits per heavy atom. The van der Waals surface area contributed by atoms with Crippen LogP contribution in [0.15, 0.2) is 18.2 Å². The molecule has 0 atom stereocenters. The molecule has 0 heterocycles. The summed E-state index contributed by atoms with van der Waals surface area (Å²) < 4.78 is 0. The average Bonchev–Trinajstić information content (AvgIpc) is 2.08. The van der Waals surface area contributed by atoms with Gasteiger partial charge in [0.15, 0.2) is 0 Å². The van der Waals surface area contributed by atoms with Crippen LogP contribution in [0.3, 0.4) is 0 Å². The fourth-order valence-electron chi connectivity index (χ4n) is 0.785. The van der Waals surface area contributed by atoms with Crippen LogP contribution >= 0.6 is 11.8 Å². The Hall–Kier alpha value is -1.42. The van der Waals surface area contributed by atoms with Crippen LogP contribution in [0.5, 0.6) is 0 Å². The summed E-state index contributed by atoms with van der Waals surface area (Å²) in [5.41, 5.74) is 12.6. The van der Waals surface area contributed by atoms with Gasteiger partial charge in [-0.15, -0.1) is 0 Å². The van der Waals surface area contributed by atoms with E-state index in [1.165, 1.54) is 0 Å². The fourth-order valence-corrected chi connectivity index (χ4v) is 0.894. The van der Waals surface area contributed by atoms with E-state index in [1.807, 2.05) is 0 Å². The van der Waals surface area contributed by atoms with Crippen LogP contribution in [0, 0.1) is 5.41 Å². The normalized spacial score (nSPS) is 9.42. The second kappa shape index (κ2) is 3.32. The summed E-state index contributed by atoms with van der Waals surface area (Å²) in [7, 11) is 0. The van der Waals surface area contributed by atoms with E-state index < -0.39 is 0 Å². The zero-order chi connectivity index (χ0) is 9.14. The third-order valence-corrected chi connectivity index (χ3v) is 1.66. The number of anilines is 2. The molecule has 1 aromatic carbocycles. The number of nitrogens with one attached hydrogen (secondary N) is 2. The maximum absolute atomic E-state index is 7.31. The van der Waals surface area contributed by atoms with Crippen molar-refractivity contribution in [2.75, 3.05) is 11.5 Å². The SMILES string of the molecule is N=C(NCl)c1ccc(N)c(N)c1. The Kier molecular flexibility index (Phi) is 2.40. The van der Waals surface area contributed by atoms with Crippen molar-refractivity contribution in [3.63, 3.8) is 0 Å². The molecule has 0 aliphatic carbocycles. The molecule has 0 unspecified atom stereocenters. The zero-order valence-corrected chi connectivity index (χ0v) is 7.02. The van der Waals surface area contributed by atoms with Crippen LogP contribution in [0.2, 0.25) is 0 Å². The van der Waals surface area contributed by atoms with E-state index >= 15 is 0 Å². The molecule has 0 aliphatic rings. The molecular formula is C7H9ClN4. The topological polar surface area (TPSA) is 87.9 Å². The number of rotatable bonds is 1. The summed E-state index contributed by atoms with van der Waals surface area (Å²) in [5.74, 6) is 0.100. The first kappa shape index (κ1) is 8.67. The van der Waals surface area contributed by atoms with Crippen LogP contribution in [0.1, 0.15) is 5.56 Å². The van der Waals surface area contributed by atoms with E-state index in [9.17, 15) is 0 Å². The van der Waals surface area contributed by atoms with Crippen LogP contribution in [-0.2, 0) is 0 Å². The average molecular weight is 185 g/mol. The van der Waals surface area contributed by atoms with Gasteiger partial charge in [0, 0.05) is 17.3 Å². The molecule has 12 heavy (non-hydrogen) atoms. The van der Waals surface area contributed by atoms with Gasteiger partial charge in [0.05, 0.1) is 11.4 Å². The summed E-state index contributed by atoms with van der Waals surface area (Å²) in [6.45, 7) is 0. The molecule has 0 amide bonds. The highest BCUT2D eigenvalue weighted by atomic mass is 35.5. The molecular weight excluding hydrogens is 176 g/mol. The van der Waals surface area contributed by atoms with Crippen molar-refractivity contribution < 1.29 is 0 Å². The third-order valence-electron chi connectivity index (χ3n) is 1.47. The van der Waals surface area contributed by atoms with Crippen LogP contribution in [-0.4, -0.2) is 5.84 Å². The van der Waals surface area contributed by atoms with Gasteiger partial charge >= 0.3 is 0 Å². The number of nitrogens with two attached hydrogens (primary N) is 2. The van der Waals surface area contributed by atoms with Gasteiger partial charge in [-0.25, -0.2) is 0 Å². The first-order chi connectivity index (χ1) is 5.65. The number of amidine groups is 1. The van der Waals surface area contributed by atoms with E-state index in [0.717, 1.165) is 0 Å². The highest BCUT2D eigenvalue weighted by Gasteiger charge is 2.01. The second-order valence-corrected chi connectivity index (χ2v) is 2.50. The summed E-state index contributed by atoms with van der Waals surface area (Å²) in [5, 5.41) is 7.31. The van der Waals surface area contributed by atoms with Gasteiger partial charge in [-0.05, 0) is 18.2 Å². The van der Waals surface area contributed by atoms with Gasteiger partial charge in [-0.3, -0.25) is 10.2 Å². The molecule has 0 fully saturated rings. The Labute approximate surface area is 75.1 Å². The van der Waals surface area contributed by atoms with Crippen molar-refractivity contribution in [1.82, 2.24) is 4.84 Å². The van der Waals surface area contributed by atoms with Crippen molar-refractivity contribution >= 4 is 29.0 Å². The molecule has 1 aromatic rings. The van der Waals surface area contributed by atoms with Crippen molar-refractivity contribution in [2.45, 2.75) is 0 Å². The predicted octanol–water partition coefficient (Wildman–Crippen LogP) is 0.920. The first-order valence-electron chi connectivity index (χ1n) is 3.25. The smallest absolute Gasteiger partial charge is 0.140 e. The number of hydrogen-bond donors (Lipinski definition) is 4. The first-order valence-corrected chi connectivity index (χ1v) is 3.63. The number of nitrogen functional groups attached to an aromatic ring is 2. The Morgan fingerprint density at radius 1 is 1.33 bits per heavy atom. The van der Waals surface area contributed by atoms with Gasteiger partial charge in [0.1, 0.15) is 5.84 Å². The molecule has 0 spiro atoms. The number of benzene rings is 1. The molecule has 6 N–H and O–H groups in total. The lowest BCUT2D eigenvalue weighted by Crippen LogP contribution is -2.12. The number of halogens is 1. The second-order valence-electron chi connectivity index (χ2n) is 2.31. The van der Waals surface area contributed by atoms with Gasteiger partial charge in [-0.1, -0.05) is 0 Å². The standard InChI is InChI=1S/C7H9ClN4/c8-12-7(11)4-1-2-5(9)6(10)3-4/h1-3H,9-10H2,(H2,11,12). The maximum atomic E-state index is 7.31. The molecule has 0 radical (unpaired) electrons. The minimum absolute atomic E-state index is 0.100. The van der Waals surface area contributed by atoms with E-state index in [0.29, 0.717) is 16.9 Å². The van der Waals surface area contributed by atoms with Crippen LogP contribution in [0.4, 0.5) is 11.4 Å². The Bertz CT molecular complexity index is 310. The van der Waals surface area contributed by atoms with E-state index in [4.69, 9.17) is 28.7 Å². The van der Waals surface area contributed by atoms with Crippen LogP contribution in [0.25, 0.3) is 0 Å². The third kappa shape index (κ3) is 1.60. The molecule has 0 aromatic heterocycles. The largest absolute Gasteiger partial charge is 0.397 e. The van der Waals surface area contributed by atoms with Gasteiger partial charge in [-0.2, -0.15) is 0 Å². The van der Waals surface area contributed by atoms with E-state index in [-0.39, 0.29) is 5.84 Å². The molecule has 0 bridgehead atoms. The van der Waals surface area contributed by atoms with E-state index in [1.54, 1.807) is 18.2 Å². The predicted molar refractivity (Wildman–Crippen MR) is 51.1 cm³/mol. The Balaban J connectivity index is 3.05. The fraction of sp³-hybridized carbons (Fsp3) is 0. The monoisotopic (exact) mass is 184 g/mol. The van der Waals surface area contributed by atoms with Crippen molar-refractivity contribution in [1.29, 1.82) is 5.41 Å². The summed E-state index contributed by atoms with van der Waals surface area (Å²) >= 11 is 5.23. The van der Waals surface area contributed by atoms with Crippen LogP contribution < -0.4 is 16.3 Å². The minimum atomic E-state index is 0.100. The molecule has 1 rings (SSSR count). The maximum Gasteiger partial charge on any atom is 0.140 e. The molecule has 4 nitrogen and oxygen atoms in total. The zero-order valence-electron chi connectivity index (χ0n) is 6.26. The van der Waals surface area contributed by atoms with Crippen molar-refractivity contribution in [3.8, 4) is 0 Å². The lowest BCUT2D eigenvalue weighted by atomic mass is 10.1. The molecule has 64 valence electrons. The highest BCUT2D eigenvalue weighted by Crippen LogP contribution is 2.15. The van der Waals surface area contributed by atoms with Crippen molar-refractivity contribution in [3.05, 3.63) is 23.8 Å². The highest BCUT2D eigenvalue weighted by molar-refractivity contribution is 6.24. The molecule has 0 saturated carbocycles. The summed E-state index contributed by atoms with van der Waals surface area (Å²) in [4.78, 5) is 2.19. The lowest BCUT2D eigenvalue weighted by Gasteiger charge is -2.04. The van der Waals surface area contributed by atoms with Gasteiger partial charge < -0.3 is 11.5 Å². The molecule has 0 aliphatic heterocycles. The van der Waals surface area contributed by atoms with Gasteiger partial charge in [0.2, 0.25) is 0 Å². The minimum Gasteiger partial charge on any atom is -0.397 e. The molecule has 5 heteroatoms. The summed E-state index contributed by atoms with van der Waals surface area (Å²) in [6.07, 6.45) is 0. The quantitative estimate of drug-likeness (QED) is 0.227. The Morgan fingerprint density at radius 3 is 2.50 bits per heavy atom. The van der Waals surface area contributed by atoms with Crippen molar-refractivity contribution in [2.24, 2.45) is 0 Å². The summed E-state index contributed by atoms with van der Waals surface area (Å²) in [6, 6.07) is 4.89. The van der Waals surface area contributed by atoms with Gasteiger partial charge in [0.25, 0.3) is 0 Å². The molecule has 0 saturated heterocycles.